The molecule has 12 unspecified atom stereocenters. The molecule has 0 aromatic heterocycles. The highest BCUT2D eigenvalue weighted by Crippen LogP contribution is 2.45. The maximum Gasteiger partial charge on any atom is 0.407 e. The average Bonchev–Trinajstić information content (AvgIpc) is 1.66. The van der Waals surface area contributed by atoms with Gasteiger partial charge in [0.1, 0.15) is 55.2 Å². The molecule has 25 nitrogen and oxygen atoms in total. The monoisotopic (exact) mass is 1650 g/mol. The molecule has 2 aromatic rings. The van der Waals surface area contributed by atoms with Crippen molar-refractivity contribution in [1.82, 2.24) is 41.6 Å². The highest BCUT2D eigenvalue weighted by Gasteiger charge is 2.56. The van der Waals surface area contributed by atoms with Crippen LogP contribution in [0, 0.1) is 5.92 Å². The molecular formula is C79H144BN9O16Si6. The third-order valence-corrected chi connectivity index (χ3v) is 52.2. The van der Waals surface area contributed by atoms with Crippen molar-refractivity contribution in [2.75, 3.05) is 32.7 Å². The summed E-state index contributed by atoms with van der Waals surface area (Å²) in [5, 5.41) is 15.7. The smallest absolute Gasteiger partial charge is 0.407 e. The molecule has 0 aliphatic carbocycles. The lowest BCUT2D eigenvalue weighted by Crippen LogP contribution is -2.66. The van der Waals surface area contributed by atoms with Crippen molar-refractivity contribution in [1.29, 1.82) is 0 Å². The Hall–Kier alpha value is -5.11. The maximum absolute atomic E-state index is 16.8. The van der Waals surface area contributed by atoms with E-state index in [2.05, 4.69) is 201 Å². The summed E-state index contributed by atoms with van der Waals surface area (Å²) in [5.41, 5.74) is 7.86. The van der Waals surface area contributed by atoms with E-state index < -0.39 is 188 Å². The summed E-state index contributed by atoms with van der Waals surface area (Å²) in [4.78, 5) is 125. The number of nitrogens with zero attached hydrogens (tertiary/aromatic N) is 2. The van der Waals surface area contributed by atoms with Crippen molar-refractivity contribution in [2.45, 2.75) is 340 Å². The van der Waals surface area contributed by atoms with E-state index in [1.807, 2.05) is 83.3 Å². The van der Waals surface area contributed by atoms with Crippen LogP contribution < -0.4 is 42.0 Å². The van der Waals surface area contributed by atoms with Gasteiger partial charge in [0.05, 0.1) is 37.0 Å². The Labute approximate surface area is 672 Å². The third-order valence-electron chi connectivity index (χ3n) is 25.1. The van der Waals surface area contributed by atoms with E-state index in [0.29, 0.717) is 12.3 Å². The topological polar surface area (TPSA) is 318 Å². The number of hydrogen-bond donors (Lipinski definition) is 7. The average molecular weight is 1660 g/mol. The number of alkyl carbamates (subject to hydrolysis) is 1. The molecule has 8 amide bonds. The van der Waals surface area contributed by atoms with Gasteiger partial charge in [-0.2, -0.15) is 0 Å². The summed E-state index contributed by atoms with van der Waals surface area (Å²) in [6, 6.07) is 8.07. The number of rotatable bonds is 34. The fourth-order valence-electron chi connectivity index (χ4n) is 11.8. The lowest BCUT2D eigenvalue weighted by atomic mass is 9.96. The molecule has 3 aliphatic heterocycles. The quantitative estimate of drug-likeness (QED) is 0.0253. The summed E-state index contributed by atoms with van der Waals surface area (Å²) in [5.74, 6) is -4.90. The van der Waals surface area contributed by atoms with Crippen molar-refractivity contribution in [3.63, 3.8) is 0 Å². The number of nitrogens with one attached hydrogen (secondary N) is 6. The van der Waals surface area contributed by atoms with Gasteiger partial charge in [-0.15, -0.1) is 0 Å². The Balaban J connectivity index is 1.76. The number of benzene rings is 2. The van der Waals surface area contributed by atoms with E-state index in [-0.39, 0.29) is 65.2 Å². The van der Waals surface area contributed by atoms with Crippen LogP contribution in [0.5, 0.6) is 5.75 Å². The van der Waals surface area contributed by atoms with Gasteiger partial charge in [0.15, 0.2) is 41.6 Å². The van der Waals surface area contributed by atoms with Crippen LogP contribution in [0.3, 0.4) is 0 Å². The normalized spacial score (nSPS) is 20.6. The van der Waals surface area contributed by atoms with Crippen LogP contribution in [0.2, 0.25) is 109 Å². The Morgan fingerprint density at radius 3 is 1.48 bits per heavy atom. The highest BCUT2D eigenvalue weighted by atomic mass is 28.4. The van der Waals surface area contributed by atoms with E-state index in [9.17, 15) is 14.4 Å². The lowest BCUT2D eigenvalue weighted by Gasteiger charge is -2.43. The van der Waals surface area contributed by atoms with Crippen LogP contribution in [0.15, 0.2) is 54.6 Å². The number of carbonyl (C=O) groups excluding carboxylic acids is 8. The first-order valence-corrected chi connectivity index (χ1v) is 57.3. The molecule has 628 valence electrons. The van der Waals surface area contributed by atoms with Gasteiger partial charge in [-0.25, -0.2) is 4.79 Å². The van der Waals surface area contributed by atoms with Crippen LogP contribution >= 0.6 is 0 Å². The van der Waals surface area contributed by atoms with Gasteiger partial charge in [0.2, 0.25) is 49.7 Å². The van der Waals surface area contributed by atoms with Gasteiger partial charge >= 0.3 is 13.1 Å². The first kappa shape index (κ1) is 96.5. The predicted octanol–water partition coefficient (Wildman–Crippen LogP) is 12.1. The molecule has 0 radical (unpaired) electrons. The largest absolute Gasteiger partial charge is 0.544 e. The van der Waals surface area contributed by atoms with E-state index in [0.717, 1.165) is 11.1 Å². The number of ether oxygens (including phenoxy) is 1. The Morgan fingerprint density at radius 1 is 0.550 bits per heavy atom. The molecule has 2 aromatic carbocycles. The first-order valence-electron chi connectivity index (χ1n) is 39.8. The zero-order valence-electron chi connectivity index (χ0n) is 73.9. The summed E-state index contributed by atoms with van der Waals surface area (Å²) in [6.45, 7) is 67.5. The number of primary amides is 1. The summed E-state index contributed by atoms with van der Waals surface area (Å²) in [7, 11) is -16.7. The minimum atomic E-state index is -3.02. The second kappa shape index (κ2) is 36.6. The molecule has 5 rings (SSSR count). The molecule has 0 saturated carbocycles. The van der Waals surface area contributed by atoms with Gasteiger partial charge in [0.25, 0.3) is 0 Å². The highest BCUT2D eigenvalue weighted by molar-refractivity contribution is 6.76. The SMILES string of the molecule is CC1CN(C(=O)C(NC(=O)C(NC(=O)C2CC(O[Si](C)(C)C(C)(C)C)CN2C(=O)C(NC(=O)C(CNB2CO2)NC(=O)CNC(=O)OCc2ccccc2)C(C)O[Si](C)(C)C(C)(C)C)C(Cc2ccc(O[Si](C)(C)C(C)(C)C)cc2)O[Si](C)(C)C(C)(C)C)C(C)O[Si](C)(C)C(C)(C)C)C(C(N)=O)C1O[Si](C)(C)C(C)(C)C. The molecule has 32 heteroatoms. The Kier molecular flexibility index (Phi) is 31.8. The summed E-state index contributed by atoms with van der Waals surface area (Å²) < 4.78 is 53.5. The van der Waals surface area contributed by atoms with Crippen LogP contribution in [0.1, 0.15) is 163 Å². The van der Waals surface area contributed by atoms with E-state index >= 15 is 24.0 Å². The number of carbonyl (C=O) groups is 8. The zero-order chi connectivity index (χ0) is 84.9. The maximum atomic E-state index is 16.8. The minimum absolute atomic E-state index is 0.0478. The number of hydrogen-bond acceptors (Lipinski definition) is 17. The van der Waals surface area contributed by atoms with Gasteiger partial charge in [-0.1, -0.05) is 174 Å². The molecule has 3 saturated heterocycles. The third kappa shape index (κ3) is 25.9. The summed E-state index contributed by atoms with van der Waals surface area (Å²) >= 11 is 0. The van der Waals surface area contributed by atoms with Crippen molar-refractivity contribution in [3.8, 4) is 5.75 Å². The van der Waals surface area contributed by atoms with E-state index in [1.54, 1.807) is 26.0 Å². The number of likely N-dealkylation sites (tertiary alicyclic amines) is 2. The predicted molar refractivity (Wildman–Crippen MR) is 456 cm³/mol. The number of nitrogens with two attached hydrogens (primary N) is 1. The van der Waals surface area contributed by atoms with Gasteiger partial charge < -0.3 is 83.3 Å². The van der Waals surface area contributed by atoms with Crippen molar-refractivity contribution >= 4 is 104 Å². The summed E-state index contributed by atoms with van der Waals surface area (Å²) in [6.07, 6.45) is -5.66. The molecule has 3 fully saturated rings. The molecule has 0 bridgehead atoms. The van der Waals surface area contributed by atoms with Crippen molar-refractivity contribution in [2.24, 2.45) is 11.7 Å². The van der Waals surface area contributed by atoms with Gasteiger partial charge in [-0.3, -0.25) is 33.6 Å². The Morgan fingerprint density at radius 2 is 1.01 bits per heavy atom. The fourth-order valence-corrected chi connectivity index (χ4v) is 19.7. The van der Waals surface area contributed by atoms with E-state index in [1.165, 1.54) is 9.80 Å². The van der Waals surface area contributed by atoms with Crippen LogP contribution in [-0.2, 0) is 78.1 Å². The van der Waals surface area contributed by atoms with Gasteiger partial charge in [-0.05, 0) is 152 Å². The van der Waals surface area contributed by atoms with Gasteiger partial charge in [0, 0.05) is 32.0 Å². The first-order chi connectivity index (χ1) is 50.2. The molecule has 111 heavy (non-hydrogen) atoms. The second-order valence-corrected chi connectivity index (χ2v) is 68.9. The van der Waals surface area contributed by atoms with Crippen molar-refractivity contribution < 1.29 is 74.3 Å². The zero-order valence-corrected chi connectivity index (χ0v) is 79.9. The molecular weight excluding hydrogens is 1510 g/mol. The molecule has 8 N–H and O–H groups in total. The van der Waals surface area contributed by atoms with Crippen LogP contribution in [0.4, 0.5) is 4.79 Å². The minimum Gasteiger partial charge on any atom is -0.544 e. The molecule has 3 heterocycles. The fraction of sp³-hybridized carbons (Fsp3) is 0.747. The standard InChI is InChI=1S/C79H144BN9O16Si6/c1-51-47-89(65(67(81)91)66(51)105-111(32,33)79(19,20)21)72(96)63(53(3)101-107(24,25)75(7,8)9)86-70(94)64(60(104-110(30,31)78(16,17)18)43-54-39-41-56(42-40-54)102-108(26,27)76(10,11)12)87-69(93)59-44-57(103-109(28,29)77(13,14)15)48-88(59)71(95)62(52(2)100-106(22,23)74(4,5)6)85-68(92)58(45-83-80-50-99-80)84-61(90)46-82-73(97)98-49-55-37-35-34-36-38-55/h34-42,51-53,57-60,62-66,83H,43-50H2,1-33H3,(H2,81,91)(H,82,97)(H,84,90)(H,85,92)(H,86,94)(H,87,93). The molecule has 0 spiro atoms. The van der Waals surface area contributed by atoms with Crippen molar-refractivity contribution in [3.05, 3.63) is 65.7 Å². The molecule has 12 atom stereocenters. The lowest BCUT2D eigenvalue weighted by molar-refractivity contribution is -0.146. The van der Waals surface area contributed by atoms with Crippen LogP contribution in [0.25, 0.3) is 0 Å². The number of amides is 8. The Bertz CT molecular complexity index is 3530. The van der Waals surface area contributed by atoms with E-state index in [4.69, 9.17) is 41.7 Å². The second-order valence-electron chi connectivity index (χ2n) is 40.4. The molecule has 3 aliphatic rings. The van der Waals surface area contributed by atoms with Crippen LogP contribution in [-0.4, -0.2) is 214 Å².